The third-order valence-corrected chi connectivity index (χ3v) is 5.03. The topological polar surface area (TPSA) is 47.4 Å². The van der Waals surface area contributed by atoms with Crippen LogP contribution in [0.2, 0.25) is 0 Å². The summed E-state index contributed by atoms with van der Waals surface area (Å²) in [6.07, 6.45) is 3.80. The third-order valence-electron chi connectivity index (χ3n) is 5.03. The Balaban J connectivity index is 1.30. The van der Waals surface area contributed by atoms with E-state index < -0.39 is 0 Å². The lowest BCUT2D eigenvalue weighted by Crippen LogP contribution is -2.65. The summed E-state index contributed by atoms with van der Waals surface area (Å²) in [6, 6.07) is 11.6. The van der Waals surface area contributed by atoms with Gasteiger partial charge in [0.25, 0.3) is 5.56 Å². The average Bonchev–Trinajstić information content (AvgIpc) is 2.53. The molecule has 2 aromatic rings. The molecular formula is C19H23N3O2. The van der Waals surface area contributed by atoms with Gasteiger partial charge in [0.1, 0.15) is 0 Å². The van der Waals surface area contributed by atoms with E-state index in [-0.39, 0.29) is 5.56 Å². The highest BCUT2D eigenvalue weighted by Gasteiger charge is 2.48. The molecule has 0 bridgehead atoms. The smallest absolute Gasteiger partial charge is 0.274 e. The Kier molecular flexibility index (Phi) is 4.21. The van der Waals surface area contributed by atoms with E-state index in [0.29, 0.717) is 12.0 Å². The summed E-state index contributed by atoms with van der Waals surface area (Å²) in [5, 5.41) is 4.23. The molecule has 0 amide bonds. The summed E-state index contributed by atoms with van der Waals surface area (Å²) in [5.41, 5.74) is 2.16. The largest absolute Gasteiger partial charge is 0.380 e. The zero-order chi connectivity index (χ0) is 16.4. The number of rotatable bonds is 6. The van der Waals surface area contributed by atoms with E-state index >= 15 is 0 Å². The lowest BCUT2D eigenvalue weighted by atomic mass is 9.78. The molecule has 1 spiro atoms. The number of aryl methyl sites for hydroxylation is 1. The standard InChI is InChI=1S/C19H23N3O2/c23-18-17(16-6-2-1-3-7-16)8-9-20-22(18)11-5-4-10-21-12-19(13-21)14-24-15-19/h1-3,6-9H,4-5,10-15H2. The van der Waals surface area contributed by atoms with Gasteiger partial charge in [-0.15, -0.1) is 0 Å². The molecular weight excluding hydrogens is 302 g/mol. The maximum Gasteiger partial charge on any atom is 0.274 e. The van der Waals surface area contributed by atoms with E-state index in [9.17, 15) is 4.79 Å². The monoisotopic (exact) mass is 325 g/mol. The molecule has 126 valence electrons. The summed E-state index contributed by atoms with van der Waals surface area (Å²) >= 11 is 0. The van der Waals surface area contributed by atoms with Crippen LogP contribution in [0.4, 0.5) is 0 Å². The highest BCUT2D eigenvalue weighted by atomic mass is 16.5. The number of benzene rings is 1. The van der Waals surface area contributed by atoms with Crippen LogP contribution in [0.1, 0.15) is 12.8 Å². The highest BCUT2D eigenvalue weighted by Crippen LogP contribution is 2.37. The van der Waals surface area contributed by atoms with Crippen molar-refractivity contribution in [3.63, 3.8) is 0 Å². The van der Waals surface area contributed by atoms with Crippen LogP contribution in [0.15, 0.2) is 47.4 Å². The van der Waals surface area contributed by atoms with Crippen molar-refractivity contribution in [3.05, 3.63) is 52.9 Å². The Bertz CT molecular complexity index is 745. The molecule has 0 unspecified atom stereocenters. The van der Waals surface area contributed by atoms with Crippen LogP contribution in [-0.2, 0) is 11.3 Å². The predicted molar refractivity (Wildman–Crippen MR) is 92.9 cm³/mol. The van der Waals surface area contributed by atoms with Crippen LogP contribution in [0.5, 0.6) is 0 Å². The fourth-order valence-electron chi connectivity index (χ4n) is 3.68. The fraction of sp³-hybridized carbons (Fsp3) is 0.474. The van der Waals surface area contributed by atoms with Crippen LogP contribution in [-0.4, -0.2) is 47.5 Å². The molecule has 0 N–H and O–H groups in total. The Labute approximate surface area is 141 Å². The number of ether oxygens (including phenoxy) is 1. The quantitative estimate of drug-likeness (QED) is 0.763. The number of nitrogens with zero attached hydrogens (tertiary/aromatic N) is 3. The Hall–Kier alpha value is -1.98. The number of likely N-dealkylation sites (tertiary alicyclic amines) is 1. The van der Waals surface area contributed by atoms with Gasteiger partial charge in [0.15, 0.2) is 0 Å². The van der Waals surface area contributed by atoms with Gasteiger partial charge in [-0.25, -0.2) is 4.68 Å². The first-order chi connectivity index (χ1) is 11.8. The van der Waals surface area contributed by atoms with Crippen molar-refractivity contribution in [3.8, 4) is 11.1 Å². The molecule has 0 aliphatic carbocycles. The molecule has 24 heavy (non-hydrogen) atoms. The second-order valence-corrected chi connectivity index (χ2v) is 7.05. The number of aromatic nitrogens is 2. The van der Waals surface area contributed by atoms with E-state index in [0.717, 1.165) is 43.7 Å². The molecule has 1 aromatic carbocycles. The molecule has 5 nitrogen and oxygen atoms in total. The summed E-state index contributed by atoms with van der Waals surface area (Å²) in [7, 11) is 0. The zero-order valence-corrected chi connectivity index (χ0v) is 13.9. The van der Waals surface area contributed by atoms with Crippen LogP contribution in [0.3, 0.4) is 0 Å². The van der Waals surface area contributed by atoms with Crippen LogP contribution in [0, 0.1) is 5.41 Å². The molecule has 0 saturated carbocycles. The van der Waals surface area contributed by atoms with Gasteiger partial charge in [0.2, 0.25) is 0 Å². The van der Waals surface area contributed by atoms with Crippen molar-refractivity contribution >= 4 is 0 Å². The van der Waals surface area contributed by atoms with Crippen molar-refractivity contribution in [2.45, 2.75) is 19.4 Å². The minimum atomic E-state index is -0.00165. The van der Waals surface area contributed by atoms with Gasteiger partial charge < -0.3 is 9.64 Å². The molecule has 0 atom stereocenters. The second-order valence-electron chi connectivity index (χ2n) is 7.05. The lowest BCUT2D eigenvalue weighted by Gasteiger charge is -2.55. The number of hydrogen-bond acceptors (Lipinski definition) is 4. The number of hydrogen-bond donors (Lipinski definition) is 0. The van der Waals surface area contributed by atoms with Crippen molar-refractivity contribution in [2.75, 3.05) is 32.8 Å². The summed E-state index contributed by atoms with van der Waals surface area (Å²) < 4.78 is 6.90. The van der Waals surface area contributed by atoms with Gasteiger partial charge in [0, 0.05) is 31.2 Å². The number of unbranched alkanes of at least 4 members (excludes halogenated alkanes) is 1. The first kappa shape index (κ1) is 15.5. The van der Waals surface area contributed by atoms with Crippen molar-refractivity contribution < 1.29 is 4.74 Å². The van der Waals surface area contributed by atoms with Gasteiger partial charge in [-0.05, 0) is 31.0 Å². The van der Waals surface area contributed by atoms with Crippen LogP contribution < -0.4 is 5.56 Å². The fourth-order valence-corrected chi connectivity index (χ4v) is 3.68. The Morgan fingerprint density at radius 1 is 1.04 bits per heavy atom. The maximum absolute atomic E-state index is 12.6. The van der Waals surface area contributed by atoms with Gasteiger partial charge in [-0.2, -0.15) is 5.10 Å². The predicted octanol–water partition coefficient (Wildman–Crippen LogP) is 2.02. The van der Waals surface area contributed by atoms with Crippen molar-refractivity contribution in [1.29, 1.82) is 0 Å². The van der Waals surface area contributed by atoms with E-state index in [2.05, 4.69) is 10.00 Å². The van der Waals surface area contributed by atoms with E-state index in [1.807, 2.05) is 30.3 Å². The van der Waals surface area contributed by atoms with Gasteiger partial charge in [-0.3, -0.25) is 4.79 Å². The first-order valence-electron chi connectivity index (χ1n) is 8.68. The molecule has 2 saturated heterocycles. The Morgan fingerprint density at radius 3 is 2.50 bits per heavy atom. The molecule has 1 aromatic heterocycles. The molecule has 2 fully saturated rings. The minimum absolute atomic E-state index is 0.00165. The van der Waals surface area contributed by atoms with Crippen molar-refractivity contribution in [2.24, 2.45) is 5.41 Å². The molecule has 3 heterocycles. The minimum Gasteiger partial charge on any atom is -0.380 e. The molecule has 4 rings (SSSR count). The van der Waals surface area contributed by atoms with E-state index in [1.165, 1.54) is 13.1 Å². The van der Waals surface area contributed by atoms with Gasteiger partial charge in [-0.1, -0.05) is 30.3 Å². The second kappa shape index (κ2) is 6.49. The molecule has 2 aliphatic heterocycles. The third kappa shape index (κ3) is 3.01. The summed E-state index contributed by atoms with van der Waals surface area (Å²) in [6.45, 7) is 6.02. The lowest BCUT2D eigenvalue weighted by molar-refractivity contribution is -0.188. The zero-order valence-electron chi connectivity index (χ0n) is 13.9. The maximum atomic E-state index is 12.6. The van der Waals surface area contributed by atoms with Crippen LogP contribution in [0.25, 0.3) is 11.1 Å². The van der Waals surface area contributed by atoms with E-state index in [1.54, 1.807) is 16.9 Å². The molecule has 0 radical (unpaired) electrons. The average molecular weight is 325 g/mol. The highest BCUT2D eigenvalue weighted by molar-refractivity contribution is 5.61. The SMILES string of the molecule is O=c1c(-c2ccccc2)ccnn1CCCCN1CC2(COC2)C1. The van der Waals surface area contributed by atoms with Crippen molar-refractivity contribution in [1.82, 2.24) is 14.7 Å². The molecule has 2 aliphatic rings. The van der Waals surface area contributed by atoms with E-state index in [4.69, 9.17) is 4.74 Å². The summed E-state index contributed by atoms with van der Waals surface area (Å²) in [5.74, 6) is 0. The van der Waals surface area contributed by atoms with Crippen LogP contribution >= 0.6 is 0 Å². The normalized spacial score (nSPS) is 19.0. The van der Waals surface area contributed by atoms with Gasteiger partial charge in [0.05, 0.1) is 18.8 Å². The Morgan fingerprint density at radius 2 is 1.79 bits per heavy atom. The summed E-state index contributed by atoms with van der Waals surface area (Å²) in [4.78, 5) is 15.1. The first-order valence-corrected chi connectivity index (χ1v) is 8.68. The molecule has 5 heteroatoms. The van der Waals surface area contributed by atoms with Gasteiger partial charge >= 0.3 is 0 Å².